The lowest BCUT2D eigenvalue weighted by atomic mass is 10.2. The van der Waals surface area contributed by atoms with Crippen LogP contribution in [-0.2, 0) is 11.3 Å². The van der Waals surface area contributed by atoms with E-state index in [1.54, 1.807) is 37.3 Å². The molecule has 0 aliphatic heterocycles. The van der Waals surface area contributed by atoms with Gasteiger partial charge in [-0.2, -0.15) is 4.99 Å². The molecule has 134 valence electrons. The summed E-state index contributed by atoms with van der Waals surface area (Å²) in [6.45, 7) is 4.77. The average Bonchev–Trinajstić information content (AvgIpc) is 2.97. The second-order valence-electron chi connectivity index (χ2n) is 5.46. The van der Waals surface area contributed by atoms with Gasteiger partial charge in [-0.15, -0.1) is 0 Å². The monoisotopic (exact) mass is 432 g/mol. The van der Waals surface area contributed by atoms with Crippen LogP contribution in [0, 0.1) is 0 Å². The van der Waals surface area contributed by atoms with Gasteiger partial charge in [-0.05, 0) is 50.2 Å². The molecule has 0 spiro atoms. The molecule has 1 amide bonds. The van der Waals surface area contributed by atoms with Crippen molar-refractivity contribution in [2.24, 2.45) is 4.99 Å². The first kappa shape index (κ1) is 18.5. The maximum Gasteiger partial charge on any atom is 0.338 e. The molecule has 26 heavy (non-hydrogen) atoms. The van der Waals surface area contributed by atoms with Gasteiger partial charge >= 0.3 is 5.97 Å². The zero-order chi connectivity index (χ0) is 18.7. The molecule has 0 saturated carbocycles. The van der Waals surface area contributed by atoms with Gasteiger partial charge in [-0.3, -0.25) is 4.79 Å². The molecule has 2 aromatic carbocycles. The lowest BCUT2D eigenvalue weighted by molar-refractivity contribution is 0.0526. The van der Waals surface area contributed by atoms with E-state index in [4.69, 9.17) is 4.74 Å². The van der Waals surface area contributed by atoms with Crippen LogP contribution in [0.5, 0.6) is 0 Å². The van der Waals surface area contributed by atoms with Crippen LogP contribution in [0.2, 0.25) is 0 Å². The number of aromatic nitrogens is 1. The van der Waals surface area contributed by atoms with Crippen LogP contribution >= 0.6 is 27.3 Å². The number of esters is 1. The van der Waals surface area contributed by atoms with Gasteiger partial charge in [0.1, 0.15) is 0 Å². The zero-order valence-corrected chi connectivity index (χ0v) is 16.8. The molecule has 0 unspecified atom stereocenters. The van der Waals surface area contributed by atoms with Crippen molar-refractivity contribution in [2.75, 3.05) is 6.61 Å². The Hall–Kier alpha value is -2.25. The van der Waals surface area contributed by atoms with E-state index in [0.29, 0.717) is 29.1 Å². The largest absolute Gasteiger partial charge is 0.462 e. The summed E-state index contributed by atoms with van der Waals surface area (Å²) in [4.78, 5) is 29.3. The quantitative estimate of drug-likeness (QED) is 0.573. The number of rotatable bonds is 4. The summed E-state index contributed by atoms with van der Waals surface area (Å²) < 4.78 is 8.73. The zero-order valence-electron chi connectivity index (χ0n) is 14.4. The molecule has 0 aliphatic rings. The summed E-state index contributed by atoms with van der Waals surface area (Å²) >= 11 is 4.75. The topological polar surface area (TPSA) is 60.7 Å². The Labute approximate surface area is 163 Å². The van der Waals surface area contributed by atoms with Gasteiger partial charge in [-0.25, -0.2) is 4.79 Å². The minimum Gasteiger partial charge on any atom is -0.462 e. The predicted molar refractivity (Wildman–Crippen MR) is 105 cm³/mol. The smallest absolute Gasteiger partial charge is 0.338 e. The highest BCUT2D eigenvalue weighted by Gasteiger charge is 2.12. The molecular formula is C19H17BrN2O3S. The number of ether oxygens (including phenoxy) is 1. The predicted octanol–water partition coefficient (Wildman–Crippen LogP) is 4.40. The van der Waals surface area contributed by atoms with Crippen LogP contribution in [-0.4, -0.2) is 23.1 Å². The Morgan fingerprint density at radius 3 is 2.65 bits per heavy atom. The Morgan fingerprint density at radius 2 is 1.96 bits per heavy atom. The summed E-state index contributed by atoms with van der Waals surface area (Å²) in [5.74, 6) is -0.653. The fraction of sp³-hybridized carbons (Fsp3) is 0.211. The molecule has 7 heteroatoms. The fourth-order valence-electron chi connectivity index (χ4n) is 2.58. The first-order chi connectivity index (χ1) is 12.5. The number of hydrogen-bond acceptors (Lipinski definition) is 4. The molecule has 0 radical (unpaired) electrons. The highest BCUT2D eigenvalue weighted by Crippen LogP contribution is 2.20. The Balaban J connectivity index is 2.07. The number of halogens is 1. The van der Waals surface area contributed by atoms with Gasteiger partial charge < -0.3 is 9.30 Å². The van der Waals surface area contributed by atoms with Crippen LogP contribution in [0.3, 0.4) is 0 Å². The number of thiazole rings is 1. The molecule has 0 bridgehead atoms. The summed E-state index contributed by atoms with van der Waals surface area (Å²) in [6, 6.07) is 12.5. The van der Waals surface area contributed by atoms with E-state index in [-0.39, 0.29) is 11.9 Å². The van der Waals surface area contributed by atoms with Gasteiger partial charge in [0.25, 0.3) is 5.91 Å². The maximum atomic E-state index is 12.5. The van der Waals surface area contributed by atoms with Crippen molar-refractivity contribution >= 4 is 49.4 Å². The van der Waals surface area contributed by atoms with Crippen molar-refractivity contribution in [2.45, 2.75) is 20.4 Å². The number of benzene rings is 2. The highest BCUT2D eigenvalue weighted by atomic mass is 79.9. The van der Waals surface area contributed by atoms with Crippen molar-refractivity contribution in [3.63, 3.8) is 0 Å². The number of fused-ring (bicyclic) bond motifs is 1. The van der Waals surface area contributed by atoms with Gasteiger partial charge in [-0.1, -0.05) is 33.3 Å². The molecule has 0 aliphatic carbocycles. The Morgan fingerprint density at radius 1 is 1.15 bits per heavy atom. The number of carbonyl (C=O) groups is 2. The second-order valence-corrected chi connectivity index (χ2v) is 7.38. The first-order valence-electron chi connectivity index (χ1n) is 8.18. The maximum absolute atomic E-state index is 12.5. The van der Waals surface area contributed by atoms with E-state index >= 15 is 0 Å². The molecule has 0 atom stereocenters. The molecule has 3 rings (SSSR count). The van der Waals surface area contributed by atoms with Crippen LogP contribution in [0.25, 0.3) is 10.2 Å². The summed E-state index contributed by atoms with van der Waals surface area (Å²) in [7, 11) is 0. The van der Waals surface area contributed by atoms with Crippen molar-refractivity contribution in [1.29, 1.82) is 0 Å². The van der Waals surface area contributed by atoms with Gasteiger partial charge in [0, 0.05) is 16.6 Å². The molecule has 5 nitrogen and oxygen atoms in total. The van der Waals surface area contributed by atoms with Crippen molar-refractivity contribution in [3.8, 4) is 0 Å². The third kappa shape index (κ3) is 3.78. The van der Waals surface area contributed by atoms with E-state index in [1.165, 1.54) is 11.3 Å². The summed E-state index contributed by atoms with van der Waals surface area (Å²) in [5.41, 5.74) is 1.95. The van der Waals surface area contributed by atoms with Crippen molar-refractivity contribution in [1.82, 2.24) is 4.57 Å². The average molecular weight is 433 g/mol. The van der Waals surface area contributed by atoms with Crippen molar-refractivity contribution in [3.05, 3.63) is 62.9 Å². The van der Waals surface area contributed by atoms with Crippen LogP contribution in [0.4, 0.5) is 0 Å². The standard InChI is InChI=1S/C19H17BrN2O3S/c1-3-22-15-9-8-13(18(24)25-4-2)11-16(15)26-19(22)21-17(23)12-6-5-7-14(20)10-12/h5-11H,3-4H2,1-2H3. The Kier molecular flexibility index (Phi) is 5.68. The van der Waals surface area contributed by atoms with E-state index < -0.39 is 0 Å². The minimum absolute atomic E-state index is 0.300. The third-order valence-corrected chi connectivity index (χ3v) is 5.31. The second kappa shape index (κ2) is 7.97. The molecule has 0 N–H and O–H groups in total. The molecule has 1 heterocycles. The van der Waals surface area contributed by atoms with Crippen LogP contribution in [0.1, 0.15) is 34.6 Å². The third-order valence-electron chi connectivity index (χ3n) is 3.78. The first-order valence-corrected chi connectivity index (χ1v) is 9.79. The summed E-state index contributed by atoms with van der Waals surface area (Å²) in [5, 5.41) is 0. The van der Waals surface area contributed by atoms with E-state index in [9.17, 15) is 9.59 Å². The number of hydrogen-bond donors (Lipinski definition) is 0. The van der Waals surface area contributed by atoms with Crippen molar-refractivity contribution < 1.29 is 14.3 Å². The number of amides is 1. The highest BCUT2D eigenvalue weighted by molar-refractivity contribution is 9.10. The van der Waals surface area contributed by atoms with Crippen LogP contribution < -0.4 is 4.80 Å². The molecular weight excluding hydrogens is 416 g/mol. The summed E-state index contributed by atoms with van der Waals surface area (Å²) in [6.07, 6.45) is 0. The minimum atomic E-state index is -0.352. The lowest BCUT2D eigenvalue weighted by Crippen LogP contribution is -2.15. The number of carbonyl (C=O) groups excluding carboxylic acids is 2. The molecule has 1 aromatic heterocycles. The van der Waals surface area contributed by atoms with E-state index in [2.05, 4.69) is 20.9 Å². The SMILES string of the molecule is CCOC(=O)c1ccc2c(c1)sc(=NC(=O)c1cccc(Br)c1)n2CC. The van der Waals surface area contributed by atoms with Crippen LogP contribution in [0.15, 0.2) is 51.9 Å². The van der Waals surface area contributed by atoms with Gasteiger partial charge in [0.05, 0.1) is 22.4 Å². The normalized spacial score (nSPS) is 11.7. The van der Waals surface area contributed by atoms with Gasteiger partial charge in [0.2, 0.25) is 0 Å². The molecule has 3 aromatic rings. The number of aryl methyl sites for hydroxylation is 1. The molecule has 0 fully saturated rings. The Bertz CT molecular complexity index is 1050. The van der Waals surface area contributed by atoms with E-state index in [1.807, 2.05) is 23.6 Å². The fourth-order valence-corrected chi connectivity index (χ4v) is 4.11. The van der Waals surface area contributed by atoms with Gasteiger partial charge in [0.15, 0.2) is 4.80 Å². The molecule has 0 saturated heterocycles. The number of nitrogens with zero attached hydrogens (tertiary/aromatic N) is 2. The lowest BCUT2D eigenvalue weighted by Gasteiger charge is -2.03. The van der Waals surface area contributed by atoms with E-state index in [0.717, 1.165) is 14.7 Å².